The highest BCUT2D eigenvalue weighted by molar-refractivity contribution is 7.16. The third-order valence-corrected chi connectivity index (χ3v) is 3.28. The normalized spacial score (nSPS) is 12.0. The Morgan fingerprint density at radius 2 is 2.22 bits per heavy atom. The van der Waals surface area contributed by atoms with Crippen LogP contribution in [0.5, 0.6) is 0 Å². The molecule has 3 nitrogen and oxygen atoms in total. The van der Waals surface area contributed by atoms with Crippen molar-refractivity contribution in [2.45, 2.75) is 19.6 Å². The summed E-state index contributed by atoms with van der Waals surface area (Å²) >= 11 is 1.17. The number of thiophene rings is 1. The second kappa shape index (κ2) is 4.64. The first-order valence-electron chi connectivity index (χ1n) is 5.23. The summed E-state index contributed by atoms with van der Waals surface area (Å²) in [6, 6.07) is 3.10. The molecular weight excluding hydrogens is 267 g/mol. The molecule has 0 saturated carbocycles. The van der Waals surface area contributed by atoms with E-state index in [2.05, 4.69) is 0 Å². The fourth-order valence-electron chi connectivity index (χ4n) is 1.69. The van der Waals surface area contributed by atoms with Gasteiger partial charge >= 0.3 is 12.1 Å². The fraction of sp³-hybridized carbons (Fsp3) is 0.364. The molecule has 0 radical (unpaired) electrons. The third-order valence-electron chi connectivity index (χ3n) is 2.32. The highest BCUT2D eigenvalue weighted by Gasteiger charge is 2.31. The van der Waals surface area contributed by atoms with E-state index < -0.39 is 18.7 Å². The van der Waals surface area contributed by atoms with Crippen LogP contribution in [0.1, 0.15) is 17.4 Å². The van der Waals surface area contributed by atoms with Gasteiger partial charge in [-0.1, -0.05) is 0 Å². The third kappa shape index (κ3) is 2.50. The van der Waals surface area contributed by atoms with Gasteiger partial charge in [-0.2, -0.15) is 13.2 Å². The van der Waals surface area contributed by atoms with Crippen LogP contribution in [0.3, 0.4) is 0 Å². The summed E-state index contributed by atoms with van der Waals surface area (Å²) in [6.07, 6.45) is -4.38. The minimum Gasteiger partial charge on any atom is -0.461 e. The first-order chi connectivity index (χ1) is 8.42. The fourth-order valence-corrected chi connectivity index (χ4v) is 2.58. The van der Waals surface area contributed by atoms with Crippen LogP contribution in [0.2, 0.25) is 0 Å². The van der Waals surface area contributed by atoms with Gasteiger partial charge in [-0.05, 0) is 24.4 Å². The van der Waals surface area contributed by atoms with E-state index in [1.165, 1.54) is 17.4 Å². The summed E-state index contributed by atoms with van der Waals surface area (Å²) in [7, 11) is 0. The van der Waals surface area contributed by atoms with Crippen LogP contribution in [0.4, 0.5) is 13.2 Å². The quantitative estimate of drug-likeness (QED) is 0.805. The van der Waals surface area contributed by atoms with Crippen molar-refractivity contribution < 1.29 is 22.7 Å². The number of ether oxygens (including phenoxy) is 1. The number of carbonyl (C=O) groups excluding carboxylic acids is 1. The van der Waals surface area contributed by atoms with Crippen molar-refractivity contribution in [3.05, 3.63) is 23.2 Å². The van der Waals surface area contributed by atoms with Crippen LogP contribution < -0.4 is 0 Å². The van der Waals surface area contributed by atoms with Crippen molar-refractivity contribution in [1.29, 1.82) is 0 Å². The van der Waals surface area contributed by atoms with E-state index in [9.17, 15) is 18.0 Å². The molecule has 2 heterocycles. The molecule has 0 fully saturated rings. The van der Waals surface area contributed by atoms with Gasteiger partial charge in [-0.3, -0.25) is 0 Å². The number of rotatable bonds is 3. The van der Waals surface area contributed by atoms with E-state index in [0.717, 1.165) is 4.57 Å². The van der Waals surface area contributed by atoms with E-state index in [1.54, 1.807) is 18.4 Å². The number of nitrogens with zero attached hydrogens (tertiary/aromatic N) is 1. The van der Waals surface area contributed by atoms with Crippen LogP contribution >= 0.6 is 11.3 Å². The lowest BCUT2D eigenvalue weighted by Gasteiger charge is -2.11. The van der Waals surface area contributed by atoms with Crippen molar-refractivity contribution in [2.24, 2.45) is 0 Å². The van der Waals surface area contributed by atoms with Gasteiger partial charge in [0.15, 0.2) is 0 Å². The Kier molecular flexibility index (Phi) is 3.34. The smallest absolute Gasteiger partial charge is 0.406 e. The van der Waals surface area contributed by atoms with Crippen LogP contribution in [0.25, 0.3) is 10.2 Å². The van der Waals surface area contributed by atoms with Crippen molar-refractivity contribution in [2.75, 3.05) is 6.61 Å². The largest absolute Gasteiger partial charge is 0.461 e. The van der Waals surface area contributed by atoms with Crippen molar-refractivity contribution in [1.82, 2.24) is 4.57 Å². The first kappa shape index (κ1) is 12.9. The number of hydrogen-bond donors (Lipinski definition) is 0. The zero-order chi connectivity index (χ0) is 13.3. The summed E-state index contributed by atoms with van der Waals surface area (Å²) in [5.74, 6) is -0.731. The molecule has 0 amide bonds. The minimum absolute atomic E-state index is 0.0592. The lowest BCUT2D eigenvalue weighted by Crippen LogP contribution is -2.21. The molecule has 2 aromatic heterocycles. The maximum atomic E-state index is 12.5. The standard InChI is InChI=1S/C11H10F3NO2S/c1-2-17-10(16)8-5-7-3-4-18-9(7)15(8)6-11(12,13)14/h3-5H,2,6H2,1H3. The van der Waals surface area contributed by atoms with Gasteiger partial charge in [0, 0.05) is 5.39 Å². The second-order valence-corrected chi connectivity index (χ2v) is 4.53. The average molecular weight is 277 g/mol. The number of aromatic nitrogens is 1. The predicted molar refractivity (Wildman–Crippen MR) is 61.8 cm³/mol. The SMILES string of the molecule is CCOC(=O)c1cc2ccsc2n1CC(F)(F)F. The molecule has 0 bridgehead atoms. The molecule has 18 heavy (non-hydrogen) atoms. The summed E-state index contributed by atoms with van der Waals surface area (Å²) in [5.41, 5.74) is -0.0592. The van der Waals surface area contributed by atoms with Gasteiger partial charge in [-0.15, -0.1) is 11.3 Å². The van der Waals surface area contributed by atoms with E-state index >= 15 is 0 Å². The average Bonchev–Trinajstić information content (AvgIpc) is 2.79. The van der Waals surface area contributed by atoms with Gasteiger partial charge in [0.25, 0.3) is 0 Å². The lowest BCUT2D eigenvalue weighted by atomic mass is 10.3. The Balaban J connectivity index is 2.48. The maximum Gasteiger partial charge on any atom is 0.406 e. The molecule has 0 aliphatic heterocycles. The molecule has 0 atom stereocenters. The summed E-state index contributed by atoms with van der Waals surface area (Å²) in [4.78, 5) is 12.0. The highest BCUT2D eigenvalue weighted by Crippen LogP contribution is 2.29. The van der Waals surface area contributed by atoms with Gasteiger partial charge in [0.1, 0.15) is 17.1 Å². The molecule has 0 aliphatic rings. The van der Waals surface area contributed by atoms with E-state index in [0.29, 0.717) is 10.2 Å². The Morgan fingerprint density at radius 3 is 2.83 bits per heavy atom. The van der Waals surface area contributed by atoms with E-state index in [-0.39, 0.29) is 12.3 Å². The first-order valence-corrected chi connectivity index (χ1v) is 6.11. The number of hydrogen-bond acceptors (Lipinski definition) is 3. The topological polar surface area (TPSA) is 31.2 Å². The maximum absolute atomic E-state index is 12.5. The predicted octanol–water partition coefficient (Wildman–Crippen LogP) is 3.44. The zero-order valence-electron chi connectivity index (χ0n) is 9.45. The van der Waals surface area contributed by atoms with E-state index in [1.807, 2.05) is 0 Å². The van der Waals surface area contributed by atoms with Gasteiger partial charge in [-0.25, -0.2) is 4.79 Å². The van der Waals surface area contributed by atoms with Crippen molar-refractivity contribution in [3.8, 4) is 0 Å². The Hall–Kier alpha value is -1.50. The minimum atomic E-state index is -4.38. The van der Waals surface area contributed by atoms with Crippen LogP contribution in [0, 0.1) is 0 Å². The Morgan fingerprint density at radius 1 is 1.50 bits per heavy atom. The number of esters is 1. The number of halogens is 3. The van der Waals surface area contributed by atoms with Crippen LogP contribution in [-0.2, 0) is 11.3 Å². The molecule has 98 valence electrons. The molecule has 0 aliphatic carbocycles. The van der Waals surface area contributed by atoms with Gasteiger partial charge in [0.2, 0.25) is 0 Å². The van der Waals surface area contributed by atoms with Crippen LogP contribution in [0.15, 0.2) is 17.5 Å². The van der Waals surface area contributed by atoms with E-state index in [4.69, 9.17) is 4.74 Å². The van der Waals surface area contributed by atoms with Crippen molar-refractivity contribution >= 4 is 27.5 Å². The molecule has 0 saturated heterocycles. The molecule has 0 spiro atoms. The summed E-state index contributed by atoms with van der Waals surface area (Å²) in [6.45, 7) is 0.548. The molecule has 2 aromatic rings. The highest BCUT2D eigenvalue weighted by atomic mass is 32.1. The molecule has 0 unspecified atom stereocenters. The van der Waals surface area contributed by atoms with Gasteiger partial charge in [0.05, 0.1) is 6.61 Å². The second-order valence-electron chi connectivity index (χ2n) is 3.63. The monoisotopic (exact) mass is 277 g/mol. The molecule has 0 N–H and O–H groups in total. The molecular formula is C11H10F3NO2S. The molecule has 2 rings (SSSR count). The number of alkyl halides is 3. The number of fused-ring (bicyclic) bond motifs is 1. The molecule has 0 aromatic carbocycles. The Bertz CT molecular complexity index is 570. The summed E-state index contributed by atoms with van der Waals surface area (Å²) < 4.78 is 43.3. The van der Waals surface area contributed by atoms with Gasteiger partial charge < -0.3 is 9.30 Å². The zero-order valence-corrected chi connectivity index (χ0v) is 10.3. The summed E-state index contributed by atoms with van der Waals surface area (Å²) in [5, 5.41) is 2.30. The van der Waals surface area contributed by atoms with Crippen LogP contribution in [-0.4, -0.2) is 23.3 Å². The van der Waals surface area contributed by atoms with Crippen molar-refractivity contribution in [3.63, 3.8) is 0 Å². The lowest BCUT2D eigenvalue weighted by molar-refractivity contribution is -0.140. The Labute approximate surface area is 105 Å². The molecule has 7 heteroatoms. The number of carbonyl (C=O) groups is 1.